The Hall–Kier alpha value is 0.250. The van der Waals surface area contributed by atoms with Crippen molar-refractivity contribution >= 4 is 11.6 Å². The van der Waals surface area contributed by atoms with Crippen molar-refractivity contribution < 1.29 is 4.74 Å². The van der Waals surface area contributed by atoms with Crippen molar-refractivity contribution in [2.45, 2.75) is 64.0 Å². The summed E-state index contributed by atoms with van der Waals surface area (Å²) in [5.41, 5.74) is -0.0381. The van der Waals surface area contributed by atoms with Crippen LogP contribution in [0.1, 0.15) is 52.4 Å². The summed E-state index contributed by atoms with van der Waals surface area (Å²) in [6, 6.07) is 0. The van der Waals surface area contributed by atoms with Gasteiger partial charge in [-0.25, -0.2) is 0 Å². The first-order valence-corrected chi connectivity index (χ1v) is 7.90. The SMILES string of the molecule is CC(C)CCC(Cl)OC1CC2C3CCCC3C12. The van der Waals surface area contributed by atoms with Gasteiger partial charge in [0.25, 0.3) is 0 Å². The third kappa shape index (κ3) is 2.14. The van der Waals surface area contributed by atoms with Gasteiger partial charge in [-0.1, -0.05) is 31.9 Å². The van der Waals surface area contributed by atoms with Crippen LogP contribution in [0.3, 0.4) is 0 Å². The lowest BCUT2D eigenvalue weighted by Gasteiger charge is -2.61. The molecule has 1 nitrogen and oxygen atoms in total. The van der Waals surface area contributed by atoms with E-state index in [1.807, 2.05) is 0 Å². The molecule has 0 spiro atoms. The van der Waals surface area contributed by atoms with E-state index in [-0.39, 0.29) is 5.56 Å². The lowest BCUT2D eigenvalue weighted by atomic mass is 9.46. The number of hydrogen-bond donors (Lipinski definition) is 0. The molecular weight excluding hydrogens is 232 g/mol. The summed E-state index contributed by atoms with van der Waals surface area (Å²) in [6.07, 6.45) is 8.43. The monoisotopic (exact) mass is 256 g/mol. The summed E-state index contributed by atoms with van der Waals surface area (Å²) in [7, 11) is 0. The molecule has 0 bridgehead atoms. The first kappa shape index (κ1) is 12.3. The molecule has 17 heavy (non-hydrogen) atoms. The van der Waals surface area contributed by atoms with Crippen LogP contribution in [0.4, 0.5) is 0 Å². The van der Waals surface area contributed by atoms with Crippen LogP contribution < -0.4 is 0 Å². The topological polar surface area (TPSA) is 9.23 Å². The molecule has 0 aromatic carbocycles. The van der Waals surface area contributed by atoms with Crippen LogP contribution in [0, 0.1) is 29.6 Å². The molecular formula is C15H25ClO. The maximum Gasteiger partial charge on any atom is 0.131 e. The van der Waals surface area contributed by atoms with Crippen LogP contribution in [0.5, 0.6) is 0 Å². The van der Waals surface area contributed by atoms with Gasteiger partial charge in [-0.2, -0.15) is 0 Å². The van der Waals surface area contributed by atoms with Crippen molar-refractivity contribution in [2.75, 3.05) is 0 Å². The van der Waals surface area contributed by atoms with E-state index >= 15 is 0 Å². The Morgan fingerprint density at radius 3 is 2.65 bits per heavy atom. The van der Waals surface area contributed by atoms with E-state index in [1.54, 1.807) is 0 Å². The highest BCUT2D eigenvalue weighted by atomic mass is 35.5. The highest BCUT2D eigenvalue weighted by Gasteiger charge is 2.62. The Morgan fingerprint density at radius 2 is 1.88 bits per heavy atom. The maximum absolute atomic E-state index is 6.29. The van der Waals surface area contributed by atoms with Gasteiger partial charge < -0.3 is 4.74 Å². The van der Waals surface area contributed by atoms with Gasteiger partial charge in [0.15, 0.2) is 0 Å². The molecule has 0 aromatic heterocycles. The van der Waals surface area contributed by atoms with Crippen LogP contribution in [0.2, 0.25) is 0 Å². The van der Waals surface area contributed by atoms with E-state index in [0.717, 1.165) is 36.0 Å². The molecule has 98 valence electrons. The molecule has 0 aromatic rings. The van der Waals surface area contributed by atoms with E-state index < -0.39 is 0 Å². The third-order valence-electron chi connectivity index (χ3n) is 5.39. The lowest BCUT2D eigenvalue weighted by Crippen LogP contribution is -2.60. The molecule has 3 aliphatic carbocycles. The van der Waals surface area contributed by atoms with Gasteiger partial charge in [-0.15, -0.1) is 0 Å². The van der Waals surface area contributed by atoms with Crippen molar-refractivity contribution in [1.82, 2.24) is 0 Å². The van der Waals surface area contributed by atoms with Gasteiger partial charge in [0.1, 0.15) is 5.56 Å². The minimum Gasteiger partial charge on any atom is -0.359 e. The number of ether oxygens (including phenoxy) is 1. The van der Waals surface area contributed by atoms with Crippen LogP contribution in [0.25, 0.3) is 0 Å². The van der Waals surface area contributed by atoms with E-state index in [0.29, 0.717) is 6.10 Å². The quantitative estimate of drug-likeness (QED) is 0.661. The number of hydrogen-bond acceptors (Lipinski definition) is 1. The highest BCUT2D eigenvalue weighted by Crippen LogP contribution is 2.65. The average molecular weight is 257 g/mol. The summed E-state index contributed by atoms with van der Waals surface area (Å²) in [4.78, 5) is 0. The predicted octanol–water partition coefficient (Wildman–Crippen LogP) is 4.44. The molecule has 2 heteroatoms. The fourth-order valence-corrected chi connectivity index (χ4v) is 4.72. The summed E-state index contributed by atoms with van der Waals surface area (Å²) >= 11 is 6.29. The van der Waals surface area contributed by atoms with Crippen LogP contribution in [-0.2, 0) is 4.74 Å². The number of rotatable bonds is 5. The molecule has 0 amide bonds. The molecule has 0 radical (unpaired) electrons. The summed E-state index contributed by atoms with van der Waals surface area (Å²) in [6.45, 7) is 4.50. The van der Waals surface area contributed by atoms with Crippen molar-refractivity contribution in [3.63, 3.8) is 0 Å². The van der Waals surface area contributed by atoms with Gasteiger partial charge in [0, 0.05) is 0 Å². The molecule has 3 aliphatic rings. The van der Waals surface area contributed by atoms with Gasteiger partial charge >= 0.3 is 0 Å². The molecule has 3 saturated carbocycles. The number of fused-ring (bicyclic) bond motifs is 4. The Kier molecular flexibility index (Phi) is 3.42. The maximum atomic E-state index is 6.29. The van der Waals surface area contributed by atoms with Crippen molar-refractivity contribution in [1.29, 1.82) is 0 Å². The van der Waals surface area contributed by atoms with E-state index in [1.165, 1.54) is 32.1 Å². The van der Waals surface area contributed by atoms with E-state index in [4.69, 9.17) is 16.3 Å². The number of halogens is 1. The smallest absolute Gasteiger partial charge is 0.131 e. The molecule has 3 rings (SSSR count). The predicted molar refractivity (Wildman–Crippen MR) is 71.0 cm³/mol. The molecule has 3 fully saturated rings. The van der Waals surface area contributed by atoms with Crippen LogP contribution >= 0.6 is 11.6 Å². The van der Waals surface area contributed by atoms with Gasteiger partial charge in [-0.3, -0.25) is 0 Å². The fraction of sp³-hybridized carbons (Fsp3) is 1.00. The average Bonchev–Trinajstić information content (AvgIpc) is 2.63. The second-order valence-electron chi connectivity index (χ2n) is 6.79. The standard InChI is InChI=1S/C15H25ClO/c1-9(2)6-7-14(16)17-13-8-12-10-4-3-5-11(10)15(12)13/h9-15H,3-8H2,1-2H3. The molecule has 0 N–H and O–H groups in total. The van der Waals surface area contributed by atoms with Crippen LogP contribution in [0.15, 0.2) is 0 Å². The Labute approximate surface area is 110 Å². The largest absolute Gasteiger partial charge is 0.359 e. The zero-order valence-electron chi connectivity index (χ0n) is 11.1. The highest BCUT2D eigenvalue weighted by molar-refractivity contribution is 6.19. The lowest BCUT2D eigenvalue weighted by molar-refractivity contribution is -0.206. The zero-order chi connectivity index (χ0) is 12.0. The second-order valence-corrected chi connectivity index (χ2v) is 7.28. The van der Waals surface area contributed by atoms with Crippen molar-refractivity contribution in [2.24, 2.45) is 29.6 Å². The minimum absolute atomic E-state index is 0.0381. The second kappa shape index (κ2) is 4.74. The zero-order valence-corrected chi connectivity index (χ0v) is 11.8. The Balaban J connectivity index is 1.42. The molecule has 6 atom stereocenters. The number of alkyl halides is 1. The van der Waals surface area contributed by atoms with Gasteiger partial charge in [0.05, 0.1) is 6.10 Å². The minimum atomic E-state index is -0.0381. The van der Waals surface area contributed by atoms with Gasteiger partial charge in [-0.05, 0) is 61.7 Å². The van der Waals surface area contributed by atoms with Gasteiger partial charge in [0.2, 0.25) is 0 Å². The Bertz CT molecular complexity index is 278. The molecule has 6 unspecified atom stereocenters. The molecule has 0 saturated heterocycles. The van der Waals surface area contributed by atoms with Crippen molar-refractivity contribution in [3.8, 4) is 0 Å². The van der Waals surface area contributed by atoms with E-state index in [2.05, 4.69) is 13.8 Å². The molecule has 0 aliphatic heterocycles. The summed E-state index contributed by atoms with van der Waals surface area (Å²) in [5, 5.41) is 0. The normalized spacial score (nSPS) is 44.8. The van der Waals surface area contributed by atoms with Crippen molar-refractivity contribution in [3.05, 3.63) is 0 Å². The summed E-state index contributed by atoms with van der Waals surface area (Å²) in [5.74, 6) is 4.72. The molecule has 0 heterocycles. The van der Waals surface area contributed by atoms with Crippen LogP contribution in [-0.4, -0.2) is 11.7 Å². The first-order valence-electron chi connectivity index (χ1n) is 7.46. The summed E-state index contributed by atoms with van der Waals surface area (Å²) < 4.78 is 6.04. The third-order valence-corrected chi connectivity index (χ3v) is 5.71. The fourth-order valence-electron chi connectivity index (χ4n) is 4.47. The Morgan fingerprint density at radius 1 is 1.12 bits per heavy atom. The van der Waals surface area contributed by atoms with E-state index in [9.17, 15) is 0 Å². The first-order chi connectivity index (χ1) is 8.16.